The predicted molar refractivity (Wildman–Crippen MR) is 71.8 cm³/mol. The van der Waals surface area contributed by atoms with E-state index in [2.05, 4.69) is 0 Å². The summed E-state index contributed by atoms with van der Waals surface area (Å²) in [7, 11) is 0. The molecule has 1 aromatic carbocycles. The van der Waals surface area contributed by atoms with E-state index in [1.165, 1.54) is 19.1 Å². The van der Waals surface area contributed by atoms with Crippen LogP contribution in [0.5, 0.6) is 0 Å². The number of carbonyl (C=O) groups excluding carboxylic acids is 1. The third-order valence-corrected chi connectivity index (χ3v) is 3.09. The second-order valence-electron chi connectivity index (χ2n) is 4.14. The van der Waals surface area contributed by atoms with Crippen LogP contribution in [0, 0.1) is 0 Å². The maximum atomic E-state index is 12.3. The molecular weight excluding hydrogens is 286 g/mol. The first-order valence-corrected chi connectivity index (χ1v) is 6.22. The highest BCUT2D eigenvalue weighted by atomic mass is 35.5. The first kappa shape index (κ1) is 16.0. The maximum absolute atomic E-state index is 12.3. The lowest BCUT2D eigenvalue weighted by molar-refractivity contribution is -0.143. The molecule has 1 unspecified atom stereocenters. The van der Waals surface area contributed by atoms with Crippen LogP contribution >= 0.6 is 11.6 Å². The number of carbonyl (C=O) groups is 3. The molecule has 1 aromatic rings. The molecule has 0 aliphatic heterocycles. The van der Waals surface area contributed by atoms with E-state index in [0.717, 1.165) is 4.90 Å². The zero-order valence-corrected chi connectivity index (χ0v) is 11.5. The molecule has 0 fully saturated rings. The summed E-state index contributed by atoms with van der Waals surface area (Å²) in [4.78, 5) is 34.9. The number of carboxylic acid groups (broad SMARTS) is 2. The van der Waals surface area contributed by atoms with Crippen molar-refractivity contribution in [3.05, 3.63) is 34.9 Å². The Morgan fingerprint density at radius 1 is 1.25 bits per heavy atom. The standard InChI is InChI=1S/C13H14ClNO5/c1-8(13(19)20)15(7-6-11(16)17)12(18)9-4-2-3-5-10(9)14/h2-5,8H,6-7H2,1H3,(H,16,17)(H,19,20). The van der Waals surface area contributed by atoms with Crippen LogP contribution in [-0.4, -0.2) is 45.5 Å². The summed E-state index contributed by atoms with van der Waals surface area (Å²) in [5, 5.41) is 17.9. The molecule has 20 heavy (non-hydrogen) atoms. The quantitative estimate of drug-likeness (QED) is 0.834. The lowest BCUT2D eigenvalue weighted by atomic mass is 10.1. The molecule has 6 nitrogen and oxygen atoms in total. The normalized spacial score (nSPS) is 11.7. The van der Waals surface area contributed by atoms with Gasteiger partial charge in [-0.1, -0.05) is 23.7 Å². The van der Waals surface area contributed by atoms with E-state index in [1.807, 2.05) is 0 Å². The third kappa shape index (κ3) is 3.96. The van der Waals surface area contributed by atoms with Crippen molar-refractivity contribution in [1.29, 1.82) is 0 Å². The van der Waals surface area contributed by atoms with Crippen LogP contribution in [0.25, 0.3) is 0 Å². The summed E-state index contributed by atoms with van der Waals surface area (Å²) in [5.74, 6) is -2.93. The molecule has 0 saturated carbocycles. The maximum Gasteiger partial charge on any atom is 0.326 e. The molecule has 7 heteroatoms. The van der Waals surface area contributed by atoms with Gasteiger partial charge in [-0.05, 0) is 19.1 Å². The van der Waals surface area contributed by atoms with Crippen molar-refractivity contribution in [1.82, 2.24) is 4.90 Å². The number of carboxylic acids is 2. The van der Waals surface area contributed by atoms with Gasteiger partial charge in [-0.25, -0.2) is 4.79 Å². The van der Waals surface area contributed by atoms with Crippen LogP contribution in [-0.2, 0) is 9.59 Å². The van der Waals surface area contributed by atoms with Gasteiger partial charge in [0.25, 0.3) is 5.91 Å². The Bertz CT molecular complexity index is 531. The molecule has 0 aromatic heterocycles. The lowest BCUT2D eigenvalue weighted by Crippen LogP contribution is -2.44. The summed E-state index contributed by atoms with van der Waals surface area (Å²) in [6, 6.07) is 5.07. The molecule has 0 heterocycles. The number of benzene rings is 1. The first-order chi connectivity index (χ1) is 9.34. The molecular formula is C13H14ClNO5. The van der Waals surface area contributed by atoms with Gasteiger partial charge in [-0.3, -0.25) is 9.59 Å². The minimum absolute atomic E-state index is 0.146. The predicted octanol–water partition coefficient (Wildman–Crippen LogP) is 1.73. The Hall–Kier alpha value is -2.08. The fourth-order valence-electron chi connectivity index (χ4n) is 1.61. The van der Waals surface area contributed by atoms with Gasteiger partial charge in [0, 0.05) is 6.54 Å². The number of halogens is 1. The summed E-state index contributed by atoms with van der Waals surface area (Å²) >= 11 is 5.90. The number of aliphatic carboxylic acids is 2. The summed E-state index contributed by atoms with van der Waals surface area (Å²) in [5.41, 5.74) is 0.146. The minimum Gasteiger partial charge on any atom is -0.481 e. The van der Waals surface area contributed by atoms with Crippen molar-refractivity contribution in [3.8, 4) is 0 Å². The largest absolute Gasteiger partial charge is 0.481 e. The molecule has 0 aliphatic carbocycles. The van der Waals surface area contributed by atoms with Gasteiger partial charge in [-0.15, -0.1) is 0 Å². The number of hydrogen-bond acceptors (Lipinski definition) is 3. The summed E-state index contributed by atoms with van der Waals surface area (Å²) in [6.45, 7) is 1.12. The fourth-order valence-corrected chi connectivity index (χ4v) is 1.83. The Morgan fingerprint density at radius 2 is 1.85 bits per heavy atom. The van der Waals surface area contributed by atoms with Gasteiger partial charge in [0.2, 0.25) is 0 Å². The van der Waals surface area contributed by atoms with Gasteiger partial charge in [0.15, 0.2) is 0 Å². The minimum atomic E-state index is -1.21. The van der Waals surface area contributed by atoms with Crippen molar-refractivity contribution in [3.63, 3.8) is 0 Å². The highest BCUT2D eigenvalue weighted by molar-refractivity contribution is 6.33. The number of rotatable bonds is 6. The van der Waals surface area contributed by atoms with Crippen molar-refractivity contribution < 1.29 is 24.6 Å². The molecule has 0 aliphatic rings. The SMILES string of the molecule is CC(C(=O)O)N(CCC(=O)O)C(=O)c1ccccc1Cl. The molecule has 0 saturated heterocycles. The van der Waals surface area contributed by atoms with E-state index in [1.54, 1.807) is 12.1 Å². The lowest BCUT2D eigenvalue weighted by Gasteiger charge is -2.26. The molecule has 1 rings (SSSR count). The monoisotopic (exact) mass is 299 g/mol. The Balaban J connectivity index is 3.03. The third-order valence-electron chi connectivity index (χ3n) is 2.76. The highest BCUT2D eigenvalue weighted by Gasteiger charge is 2.27. The molecule has 2 N–H and O–H groups in total. The molecule has 0 spiro atoms. The number of amides is 1. The second-order valence-corrected chi connectivity index (χ2v) is 4.54. The van der Waals surface area contributed by atoms with E-state index in [4.69, 9.17) is 21.8 Å². The Morgan fingerprint density at radius 3 is 2.35 bits per heavy atom. The number of hydrogen-bond donors (Lipinski definition) is 2. The molecule has 1 atom stereocenters. The van der Waals surface area contributed by atoms with Gasteiger partial charge in [-0.2, -0.15) is 0 Å². The average Bonchev–Trinajstić information content (AvgIpc) is 2.38. The number of nitrogens with zero attached hydrogens (tertiary/aromatic N) is 1. The van der Waals surface area contributed by atoms with Gasteiger partial charge in [0.05, 0.1) is 17.0 Å². The van der Waals surface area contributed by atoms with Crippen LogP contribution in [0.15, 0.2) is 24.3 Å². The van der Waals surface area contributed by atoms with E-state index < -0.39 is 23.9 Å². The Labute approximate surface area is 120 Å². The zero-order valence-electron chi connectivity index (χ0n) is 10.7. The topological polar surface area (TPSA) is 94.9 Å². The Kier molecular flexibility index (Phi) is 5.52. The summed E-state index contributed by atoms with van der Waals surface area (Å²) < 4.78 is 0. The molecule has 0 radical (unpaired) electrons. The fraction of sp³-hybridized carbons (Fsp3) is 0.308. The van der Waals surface area contributed by atoms with E-state index in [9.17, 15) is 14.4 Å². The molecule has 1 amide bonds. The van der Waals surface area contributed by atoms with Crippen molar-refractivity contribution in [2.45, 2.75) is 19.4 Å². The second kappa shape index (κ2) is 6.91. The van der Waals surface area contributed by atoms with Gasteiger partial charge >= 0.3 is 11.9 Å². The average molecular weight is 300 g/mol. The van der Waals surface area contributed by atoms with E-state index in [0.29, 0.717) is 0 Å². The summed E-state index contributed by atoms with van der Waals surface area (Å²) in [6.07, 6.45) is -0.339. The van der Waals surface area contributed by atoms with Crippen molar-refractivity contribution in [2.75, 3.05) is 6.54 Å². The highest BCUT2D eigenvalue weighted by Crippen LogP contribution is 2.18. The van der Waals surface area contributed by atoms with Crippen LogP contribution < -0.4 is 0 Å². The zero-order chi connectivity index (χ0) is 15.3. The smallest absolute Gasteiger partial charge is 0.326 e. The van der Waals surface area contributed by atoms with Crippen LogP contribution in [0.1, 0.15) is 23.7 Å². The van der Waals surface area contributed by atoms with E-state index >= 15 is 0 Å². The van der Waals surface area contributed by atoms with Crippen molar-refractivity contribution in [2.24, 2.45) is 0 Å². The molecule has 108 valence electrons. The van der Waals surface area contributed by atoms with Gasteiger partial charge < -0.3 is 15.1 Å². The van der Waals surface area contributed by atoms with Crippen LogP contribution in [0.4, 0.5) is 0 Å². The van der Waals surface area contributed by atoms with Crippen LogP contribution in [0.3, 0.4) is 0 Å². The van der Waals surface area contributed by atoms with Crippen LogP contribution in [0.2, 0.25) is 5.02 Å². The van der Waals surface area contributed by atoms with Crippen molar-refractivity contribution >= 4 is 29.4 Å². The first-order valence-electron chi connectivity index (χ1n) is 5.84. The van der Waals surface area contributed by atoms with E-state index in [-0.39, 0.29) is 23.6 Å². The molecule has 0 bridgehead atoms. The van der Waals surface area contributed by atoms with Gasteiger partial charge in [0.1, 0.15) is 6.04 Å².